The monoisotopic (exact) mass is 504 g/mol. The maximum atomic E-state index is 14.6. The second-order valence-corrected chi connectivity index (χ2v) is 6.84. The molecule has 0 spiro atoms. The van der Waals surface area contributed by atoms with Crippen molar-refractivity contribution in [2.45, 2.75) is 6.18 Å². The van der Waals surface area contributed by atoms with Crippen molar-refractivity contribution in [3.05, 3.63) is 68.1 Å². The van der Waals surface area contributed by atoms with Crippen LogP contribution >= 0.6 is 11.6 Å². The van der Waals surface area contributed by atoms with Crippen molar-refractivity contribution in [2.24, 2.45) is 7.05 Å². The molecule has 0 bridgehead atoms. The van der Waals surface area contributed by atoms with Gasteiger partial charge < -0.3 is 14.2 Å². The van der Waals surface area contributed by atoms with Crippen LogP contribution in [0.25, 0.3) is 5.69 Å². The first-order valence-electron chi connectivity index (χ1n) is 9.01. The van der Waals surface area contributed by atoms with Crippen molar-refractivity contribution in [1.82, 2.24) is 19.1 Å². The Morgan fingerprint density at radius 1 is 1.18 bits per heavy atom. The minimum absolute atomic E-state index is 0.141. The third-order valence-electron chi connectivity index (χ3n) is 4.28. The number of methoxy groups -OCH3 is 1. The van der Waals surface area contributed by atoms with E-state index in [4.69, 9.17) is 21.1 Å². The molecule has 15 heteroatoms. The van der Waals surface area contributed by atoms with Crippen LogP contribution in [0, 0.1) is 5.82 Å². The molecular weight excluding hydrogens is 492 g/mol. The van der Waals surface area contributed by atoms with Crippen LogP contribution in [0.2, 0.25) is 5.02 Å². The molecule has 0 N–H and O–H groups in total. The van der Waals surface area contributed by atoms with Crippen LogP contribution in [0.1, 0.15) is 5.69 Å². The highest BCUT2D eigenvalue weighted by Gasteiger charge is 2.35. The minimum Gasteiger partial charge on any atom is -0.475 e. The summed E-state index contributed by atoms with van der Waals surface area (Å²) >= 11 is 5.99. The second-order valence-electron chi connectivity index (χ2n) is 6.44. The summed E-state index contributed by atoms with van der Waals surface area (Å²) in [5.74, 6) is -2.69. The molecule has 10 nitrogen and oxygen atoms in total. The van der Waals surface area contributed by atoms with Crippen molar-refractivity contribution in [1.29, 1.82) is 0 Å². The van der Waals surface area contributed by atoms with Gasteiger partial charge in [-0.05, 0) is 6.07 Å². The van der Waals surface area contributed by atoms with Crippen molar-refractivity contribution in [3.8, 4) is 23.1 Å². The average molecular weight is 505 g/mol. The van der Waals surface area contributed by atoms with Gasteiger partial charge in [-0.25, -0.2) is 23.5 Å². The zero-order valence-corrected chi connectivity index (χ0v) is 18.0. The molecule has 0 atom stereocenters. The van der Waals surface area contributed by atoms with E-state index in [1.165, 1.54) is 0 Å². The Kier molecular flexibility index (Phi) is 6.91. The molecule has 1 aromatic carbocycles. The molecule has 0 aliphatic rings. The number of hydrogen-bond acceptors (Lipinski definition) is 8. The topological polar surface area (TPSA) is 115 Å². The Morgan fingerprint density at radius 2 is 1.88 bits per heavy atom. The Labute approximate surface area is 191 Å². The SMILES string of the molecule is COC(=O)COc1cncnc1Oc1cc(-n2c(=O)cc(C(F)(F)F)n(C)c2=O)c(F)cc1Cl. The highest BCUT2D eigenvalue weighted by molar-refractivity contribution is 6.32. The van der Waals surface area contributed by atoms with E-state index in [0.717, 1.165) is 32.7 Å². The van der Waals surface area contributed by atoms with Crippen molar-refractivity contribution in [3.63, 3.8) is 0 Å². The summed E-state index contributed by atoms with van der Waals surface area (Å²) in [6, 6.07) is 1.66. The largest absolute Gasteiger partial charge is 0.475 e. The number of nitrogens with zero attached hydrogens (tertiary/aromatic N) is 4. The number of alkyl halides is 3. The molecule has 3 aromatic rings. The Balaban J connectivity index is 2.08. The van der Waals surface area contributed by atoms with Crippen LogP contribution in [0.3, 0.4) is 0 Å². The van der Waals surface area contributed by atoms with Crippen molar-refractivity contribution < 1.29 is 36.6 Å². The first kappa shape index (κ1) is 24.7. The molecule has 3 rings (SSSR count). The summed E-state index contributed by atoms with van der Waals surface area (Å²) < 4.78 is 69.3. The van der Waals surface area contributed by atoms with E-state index in [-0.39, 0.29) is 37.6 Å². The lowest BCUT2D eigenvalue weighted by atomic mass is 10.2. The third kappa shape index (κ3) is 5.01. The highest BCUT2D eigenvalue weighted by atomic mass is 35.5. The number of carbonyl (C=O) groups is 1. The molecule has 0 unspecified atom stereocenters. The van der Waals surface area contributed by atoms with Gasteiger partial charge in [0.1, 0.15) is 17.8 Å². The van der Waals surface area contributed by atoms with E-state index in [0.29, 0.717) is 6.07 Å². The van der Waals surface area contributed by atoms with Crippen LogP contribution in [0.15, 0.2) is 40.3 Å². The molecule has 0 saturated carbocycles. The minimum atomic E-state index is -4.99. The lowest BCUT2D eigenvalue weighted by Gasteiger charge is -2.16. The quantitative estimate of drug-likeness (QED) is 0.371. The first-order chi connectivity index (χ1) is 15.9. The van der Waals surface area contributed by atoms with E-state index in [1.807, 2.05) is 0 Å². The molecule has 2 heterocycles. The number of halogens is 5. The van der Waals surface area contributed by atoms with Gasteiger partial charge in [-0.15, -0.1) is 0 Å². The van der Waals surface area contributed by atoms with E-state index in [9.17, 15) is 31.9 Å². The van der Waals surface area contributed by atoms with Gasteiger partial charge in [0.05, 0.1) is 24.0 Å². The van der Waals surface area contributed by atoms with Crippen LogP contribution in [-0.4, -0.2) is 38.8 Å². The molecule has 0 saturated heterocycles. The summed E-state index contributed by atoms with van der Waals surface area (Å²) in [6.07, 6.45) is -2.80. The lowest BCUT2D eigenvalue weighted by Crippen LogP contribution is -2.41. The van der Waals surface area contributed by atoms with Gasteiger partial charge in [0.15, 0.2) is 12.4 Å². The number of ether oxygens (including phenoxy) is 3. The van der Waals surface area contributed by atoms with Gasteiger partial charge in [0.25, 0.3) is 11.4 Å². The summed E-state index contributed by atoms with van der Waals surface area (Å²) in [5, 5.41) is -0.337. The number of benzene rings is 1. The van der Waals surface area contributed by atoms with Crippen molar-refractivity contribution in [2.75, 3.05) is 13.7 Å². The van der Waals surface area contributed by atoms with Crippen LogP contribution in [-0.2, 0) is 22.8 Å². The number of hydrogen-bond donors (Lipinski definition) is 0. The fraction of sp³-hybridized carbons (Fsp3) is 0.211. The van der Waals surface area contributed by atoms with E-state index in [1.54, 1.807) is 0 Å². The Bertz CT molecular complexity index is 1370. The van der Waals surface area contributed by atoms with Crippen LogP contribution in [0.5, 0.6) is 17.4 Å². The highest BCUT2D eigenvalue weighted by Crippen LogP contribution is 2.35. The zero-order chi connectivity index (χ0) is 25.2. The first-order valence-corrected chi connectivity index (χ1v) is 9.39. The molecule has 2 aromatic heterocycles. The Hall–Kier alpha value is -3.94. The number of rotatable bonds is 6. The summed E-state index contributed by atoms with van der Waals surface area (Å²) in [6.45, 7) is -0.528. The van der Waals surface area contributed by atoms with Gasteiger partial charge in [-0.2, -0.15) is 18.2 Å². The molecular formula is C19H13ClF4N4O6. The molecule has 0 aliphatic carbocycles. The fourth-order valence-corrected chi connectivity index (χ4v) is 2.86. The number of esters is 1. The maximum absolute atomic E-state index is 14.6. The standard InChI is InChI=1S/C19H13ClF4N4O6/c1-27-14(19(22,23)24)5-15(29)28(18(27)31)11-4-12(9(20)3-10(11)21)34-17-13(6-25-8-26-17)33-7-16(30)32-2/h3-6,8H,7H2,1-2H3. The van der Waals surface area contributed by atoms with Gasteiger partial charge in [0, 0.05) is 19.2 Å². The van der Waals surface area contributed by atoms with E-state index in [2.05, 4.69) is 14.7 Å². The van der Waals surface area contributed by atoms with Crippen molar-refractivity contribution >= 4 is 17.6 Å². The second kappa shape index (κ2) is 9.51. The summed E-state index contributed by atoms with van der Waals surface area (Å²) in [4.78, 5) is 43.6. The lowest BCUT2D eigenvalue weighted by molar-refractivity contribution is -0.144. The molecule has 0 aliphatic heterocycles. The molecule has 180 valence electrons. The Morgan fingerprint density at radius 3 is 2.53 bits per heavy atom. The normalized spacial score (nSPS) is 11.3. The van der Waals surface area contributed by atoms with Gasteiger partial charge in [-0.3, -0.25) is 9.36 Å². The summed E-state index contributed by atoms with van der Waals surface area (Å²) in [5.41, 5.74) is -5.15. The van der Waals surface area contributed by atoms with Gasteiger partial charge >= 0.3 is 17.8 Å². The number of aromatic nitrogens is 4. The average Bonchev–Trinajstić information content (AvgIpc) is 2.77. The third-order valence-corrected chi connectivity index (χ3v) is 4.57. The van der Waals surface area contributed by atoms with E-state index < -0.39 is 47.2 Å². The van der Waals surface area contributed by atoms with Crippen LogP contribution in [0.4, 0.5) is 17.6 Å². The molecule has 34 heavy (non-hydrogen) atoms. The van der Waals surface area contributed by atoms with Gasteiger partial charge in [-0.1, -0.05) is 11.6 Å². The predicted molar refractivity (Wildman–Crippen MR) is 107 cm³/mol. The van der Waals surface area contributed by atoms with Crippen LogP contribution < -0.4 is 20.7 Å². The molecule has 0 amide bonds. The zero-order valence-electron chi connectivity index (χ0n) is 17.2. The molecule has 0 fully saturated rings. The van der Waals surface area contributed by atoms with E-state index >= 15 is 0 Å². The smallest absolute Gasteiger partial charge is 0.431 e. The fourth-order valence-electron chi connectivity index (χ4n) is 2.67. The predicted octanol–water partition coefficient (Wildman–Crippen LogP) is 2.48. The number of carbonyl (C=O) groups excluding carboxylic acids is 1. The maximum Gasteiger partial charge on any atom is 0.431 e. The summed E-state index contributed by atoms with van der Waals surface area (Å²) in [7, 11) is 1.91. The van der Waals surface area contributed by atoms with Gasteiger partial charge in [0.2, 0.25) is 5.75 Å². The molecule has 0 radical (unpaired) electrons.